The third-order valence-electron chi connectivity index (χ3n) is 6.22. The lowest BCUT2D eigenvalue weighted by Crippen LogP contribution is -2.33. The summed E-state index contributed by atoms with van der Waals surface area (Å²) >= 11 is 6.17. The van der Waals surface area contributed by atoms with Crippen molar-refractivity contribution in [3.63, 3.8) is 0 Å². The number of carbonyl (C=O) groups excluding carboxylic acids is 1. The summed E-state index contributed by atoms with van der Waals surface area (Å²) < 4.78 is 52.1. The van der Waals surface area contributed by atoms with Crippen LogP contribution in [0.1, 0.15) is 41.8 Å². The number of fused-ring (bicyclic) bond motifs is 1. The van der Waals surface area contributed by atoms with Crippen LogP contribution in [0.4, 0.5) is 19.1 Å². The van der Waals surface area contributed by atoms with Gasteiger partial charge in [0.05, 0.1) is 14.2 Å². The van der Waals surface area contributed by atoms with E-state index in [1.54, 1.807) is 30.3 Å². The van der Waals surface area contributed by atoms with Crippen LogP contribution in [0.25, 0.3) is 0 Å². The molecule has 5 rings (SSSR count). The lowest BCUT2D eigenvalue weighted by molar-refractivity contribution is -0.145. The number of anilines is 1. The van der Waals surface area contributed by atoms with Crippen LogP contribution in [0.2, 0.25) is 5.02 Å². The summed E-state index contributed by atoms with van der Waals surface area (Å²) in [7, 11) is 3.06. The molecule has 0 saturated carbocycles. The van der Waals surface area contributed by atoms with E-state index in [9.17, 15) is 18.0 Å². The molecule has 3 aromatic rings. The molecule has 0 fully saturated rings. The van der Waals surface area contributed by atoms with E-state index in [1.165, 1.54) is 14.2 Å². The lowest BCUT2D eigenvalue weighted by Gasteiger charge is -2.35. The van der Waals surface area contributed by atoms with Crippen molar-refractivity contribution in [3.05, 3.63) is 75.7 Å². The molecule has 7 nitrogen and oxygen atoms in total. The van der Waals surface area contributed by atoms with Crippen LogP contribution in [0.5, 0.6) is 11.5 Å². The minimum absolute atomic E-state index is 0.0817. The molecule has 2 atom stereocenters. The average Bonchev–Trinajstić information content (AvgIpc) is 3.26. The maximum atomic E-state index is 13.5. The molecule has 1 aliphatic carbocycles. The van der Waals surface area contributed by atoms with Crippen LogP contribution < -0.4 is 14.8 Å². The van der Waals surface area contributed by atoms with Gasteiger partial charge < -0.3 is 14.8 Å². The molecule has 2 aliphatic rings. The topological polar surface area (TPSA) is 78.3 Å². The number of Topliss-reactive ketones (excluding diaryl/α,β-unsaturated/α-hetero) is 1. The molecule has 2 aromatic carbocycles. The number of nitrogens with one attached hydrogen (secondary N) is 1. The molecule has 2 heterocycles. The molecule has 11 heteroatoms. The maximum Gasteiger partial charge on any atom is 0.453 e. The van der Waals surface area contributed by atoms with Gasteiger partial charge in [0.1, 0.15) is 6.04 Å². The average molecular weight is 505 g/mol. The number of nitrogens with zero attached hydrogens (tertiary/aromatic N) is 3. The van der Waals surface area contributed by atoms with Crippen molar-refractivity contribution in [1.29, 1.82) is 0 Å². The van der Waals surface area contributed by atoms with Crippen molar-refractivity contribution in [3.8, 4) is 11.5 Å². The van der Waals surface area contributed by atoms with Gasteiger partial charge in [-0.1, -0.05) is 29.8 Å². The van der Waals surface area contributed by atoms with Gasteiger partial charge in [-0.25, -0.2) is 4.68 Å². The molecule has 35 heavy (non-hydrogen) atoms. The Hall–Kier alpha value is -3.53. The standard InChI is InChI=1S/C24H20ClF3N4O3/c1-34-18-7-6-12(11-19(18)35-2)14-9-16-20(17(33)10-14)21(13-4-3-5-15(25)8-13)32-23(29-16)30-22(31-32)24(26,27)28/h3-8,11,14,21H,9-10H2,1-2H3,(H,29,30,31)/t14-,21-/m0/s1. The van der Waals surface area contributed by atoms with E-state index in [0.717, 1.165) is 10.2 Å². The fraction of sp³-hybridized carbons (Fsp3) is 0.292. The molecule has 0 spiro atoms. The molecular weight excluding hydrogens is 485 g/mol. The van der Waals surface area contributed by atoms with E-state index < -0.39 is 18.0 Å². The van der Waals surface area contributed by atoms with Crippen LogP contribution in [-0.4, -0.2) is 34.8 Å². The van der Waals surface area contributed by atoms with E-state index >= 15 is 0 Å². The molecule has 0 unspecified atom stereocenters. The fourth-order valence-corrected chi connectivity index (χ4v) is 4.86. The molecular formula is C24H20ClF3N4O3. The highest BCUT2D eigenvalue weighted by atomic mass is 35.5. The second-order valence-electron chi connectivity index (χ2n) is 8.32. The van der Waals surface area contributed by atoms with Crippen molar-refractivity contribution in [2.75, 3.05) is 19.5 Å². The first-order valence-electron chi connectivity index (χ1n) is 10.7. The molecule has 1 N–H and O–H groups in total. The quantitative estimate of drug-likeness (QED) is 0.514. The number of ketones is 1. The molecule has 0 bridgehead atoms. The smallest absolute Gasteiger partial charge is 0.453 e. The summed E-state index contributed by atoms with van der Waals surface area (Å²) in [6, 6.07) is 11.2. The fourth-order valence-electron chi connectivity index (χ4n) is 4.66. The number of carbonyl (C=O) groups is 1. The Morgan fingerprint density at radius 1 is 1.06 bits per heavy atom. The largest absolute Gasteiger partial charge is 0.493 e. The number of allylic oxidation sites excluding steroid dienone is 2. The first-order valence-corrected chi connectivity index (χ1v) is 11.1. The minimum Gasteiger partial charge on any atom is -0.493 e. The van der Waals surface area contributed by atoms with E-state index in [-0.39, 0.29) is 24.1 Å². The maximum absolute atomic E-state index is 13.5. The summed E-state index contributed by atoms with van der Waals surface area (Å²) in [6.45, 7) is 0. The SMILES string of the molecule is COc1ccc([C@@H]2CC(=O)C3=C(C2)Nc2nc(C(F)(F)F)nn2[C@H]3c2cccc(Cl)c2)cc1OC. The molecule has 0 amide bonds. The van der Waals surface area contributed by atoms with Crippen molar-refractivity contribution in [2.24, 2.45) is 0 Å². The van der Waals surface area contributed by atoms with Crippen molar-refractivity contribution >= 4 is 23.3 Å². The van der Waals surface area contributed by atoms with Crippen molar-refractivity contribution < 1.29 is 27.4 Å². The predicted octanol–water partition coefficient (Wildman–Crippen LogP) is 5.38. The highest BCUT2D eigenvalue weighted by Gasteiger charge is 2.43. The zero-order chi connectivity index (χ0) is 24.9. The molecule has 0 radical (unpaired) electrons. The predicted molar refractivity (Wildman–Crippen MR) is 122 cm³/mol. The van der Waals surface area contributed by atoms with Gasteiger partial charge in [-0.15, -0.1) is 5.10 Å². The first kappa shape index (κ1) is 23.2. The van der Waals surface area contributed by atoms with E-state index in [1.807, 2.05) is 12.1 Å². The Morgan fingerprint density at radius 3 is 2.51 bits per heavy atom. The van der Waals surface area contributed by atoms with Crippen LogP contribution in [-0.2, 0) is 11.0 Å². The summed E-state index contributed by atoms with van der Waals surface area (Å²) in [5.74, 6) is -0.691. The summed E-state index contributed by atoms with van der Waals surface area (Å²) in [6.07, 6.45) is -4.18. The summed E-state index contributed by atoms with van der Waals surface area (Å²) in [5.41, 5.74) is 2.27. The van der Waals surface area contributed by atoms with Crippen molar-refractivity contribution in [2.45, 2.75) is 31.0 Å². The number of hydrogen-bond acceptors (Lipinski definition) is 6. The number of halogens is 4. The second kappa shape index (κ2) is 8.60. The van der Waals surface area contributed by atoms with Gasteiger partial charge >= 0.3 is 6.18 Å². The second-order valence-corrected chi connectivity index (χ2v) is 8.76. The van der Waals surface area contributed by atoms with Gasteiger partial charge in [0, 0.05) is 22.7 Å². The zero-order valence-electron chi connectivity index (χ0n) is 18.7. The van der Waals surface area contributed by atoms with Crippen molar-refractivity contribution in [1.82, 2.24) is 14.8 Å². The highest BCUT2D eigenvalue weighted by Crippen LogP contribution is 2.46. The van der Waals surface area contributed by atoms with Gasteiger partial charge in [-0.2, -0.15) is 18.2 Å². The molecule has 1 aromatic heterocycles. The number of ether oxygens (including phenoxy) is 2. The minimum atomic E-state index is -4.74. The first-order chi connectivity index (χ1) is 16.7. The van der Waals surface area contributed by atoms with Gasteiger partial charge in [-0.3, -0.25) is 4.79 Å². The molecule has 182 valence electrons. The van der Waals surface area contributed by atoms with Crippen LogP contribution in [0.15, 0.2) is 53.7 Å². The van der Waals surface area contributed by atoms with Gasteiger partial charge in [0.25, 0.3) is 5.82 Å². The van der Waals surface area contributed by atoms with Gasteiger partial charge in [-0.05, 0) is 47.7 Å². The number of hydrogen-bond donors (Lipinski definition) is 1. The van der Waals surface area contributed by atoms with E-state index in [2.05, 4.69) is 15.4 Å². The number of benzene rings is 2. The van der Waals surface area contributed by atoms with Crippen LogP contribution in [0.3, 0.4) is 0 Å². The Bertz CT molecular complexity index is 1350. The van der Waals surface area contributed by atoms with Gasteiger partial charge in [0.2, 0.25) is 5.95 Å². The Labute approximate surface area is 203 Å². The third kappa shape index (κ3) is 4.12. The Balaban J connectivity index is 1.60. The Kier molecular flexibility index (Phi) is 5.71. The number of methoxy groups -OCH3 is 2. The van der Waals surface area contributed by atoms with Crippen LogP contribution >= 0.6 is 11.6 Å². The number of rotatable bonds is 4. The monoisotopic (exact) mass is 504 g/mol. The lowest BCUT2D eigenvalue weighted by atomic mass is 9.78. The van der Waals surface area contributed by atoms with Gasteiger partial charge in [0.15, 0.2) is 17.3 Å². The summed E-state index contributed by atoms with van der Waals surface area (Å²) in [4.78, 5) is 17.2. The number of aromatic nitrogens is 3. The highest BCUT2D eigenvalue weighted by molar-refractivity contribution is 6.30. The van der Waals surface area contributed by atoms with E-state index in [4.69, 9.17) is 21.1 Å². The number of alkyl halides is 3. The Morgan fingerprint density at radius 2 is 1.83 bits per heavy atom. The molecule has 0 saturated heterocycles. The van der Waals surface area contributed by atoms with Crippen LogP contribution in [0, 0.1) is 0 Å². The third-order valence-corrected chi connectivity index (χ3v) is 6.45. The zero-order valence-corrected chi connectivity index (χ0v) is 19.4. The normalized spacial score (nSPS) is 19.7. The molecule has 1 aliphatic heterocycles. The summed E-state index contributed by atoms with van der Waals surface area (Å²) in [5, 5.41) is 7.05. The van der Waals surface area contributed by atoms with E-state index in [0.29, 0.717) is 39.8 Å².